The van der Waals surface area contributed by atoms with Crippen molar-refractivity contribution in [3.05, 3.63) is 0 Å². The number of nitrogens with zero attached hydrogens (tertiary/aromatic N) is 2. The number of aliphatic imine (C=N–C) groups is 1. The number of thiocarbonyl (C=S) groups is 1. The fraction of sp³-hybridized carbons (Fsp3) is 0.750. The van der Waals surface area contributed by atoms with Crippen molar-refractivity contribution in [2.75, 3.05) is 13.2 Å². The van der Waals surface area contributed by atoms with E-state index in [1.54, 1.807) is 0 Å². The Labute approximate surface area is 83.5 Å². The van der Waals surface area contributed by atoms with Gasteiger partial charge in [-0.3, -0.25) is 4.84 Å². The van der Waals surface area contributed by atoms with Crippen molar-refractivity contribution in [3.8, 4) is 0 Å². The summed E-state index contributed by atoms with van der Waals surface area (Å²) in [6, 6.07) is 0. The minimum absolute atomic E-state index is 0.133. The highest BCUT2D eigenvalue weighted by Gasteiger charge is 2.05. The molecule has 13 heavy (non-hydrogen) atoms. The molecule has 0 saturated heterocycles. The maximum atomic E-state index is 9.90. The molecule has 0 spiro atoms. The monoisotopic (exact) mass is 202 g/mol. The van der Waals surface area contributed by atoms with E-state index in [9.17, 15) is 4.79 Å². The average Bonchev–Trinajstić information content (AvgIpc) is 2.13. The van der Waals surface area contributed by atoms with Gasteiger partial charge in [-0.05, 0) is 25.6 Å². The van der Waals surface area contributed by atoms with Crippen LogP contribution in [0.2, 0.25) is 0 Å². The molecule has 5 heteroatoms. The van der Waals surface area contributed by atoms with Gasteiger partial charge in [0.15, 0.2) is 0 Å². The lowest BCUT2D eigenvalue weighted by molar-refractivity contribution is -0.0954. The van der Waals surface area contributed by atoms with E-state index in [1.807, 2.05) is 6.92 Å². The first-order valence-corrected chi connectivity index (χ1v) is 4.69. The number of unbranched alkanes of at least 4 members (excludes halogenated alkanes) is 1. The molecule has 0 bridgehead atoms. The lowest BCUT2D eigenvalue weighted by Crippen LogP contribution is -2.28. The van der Waals surface area contributed by atoms with Crippen molar-refractivity contribution in [2.45, 2.75) is 26.7 Å². The zero-order valence-corrected chi connectivity index (χ0v) is 8.76. The van der Waals surface area contributed by atoms with Crippen LogP contribution in [-0.2, 0) is 9.63 Å². The van der Waals surface area contributed by atoms with Crippen LogP contribution >= 0.6 is 12.2 Å². The number of carbonyl (C=O) groups excluding carboxylic acids is 1. The summed E-state index contributed by atoms with van der Waals surface area (Å²) in [5, 5.41) is 1.55. The Morgan fingerprint density at radius 1 is 1.62 bits per heavy atom. The molecule has 0 aromatic carbocycles. The van der Waals surface area contributed by atoms with Gasteiger partial charge in [0.2, 0.25) is 11.2 Å². The lowest BCUT2D eigenvalue weighted by Gasteiger charge is -2.18. The van der Waals surface area contributed by atoms with E-state index in [0.29, 0.717) is 13.2 Å². The number of isocyanates is 1. The minimum atomic E-state index is 0.133. The summed E-state index contributed by atoms with van der Waals surface area (Å²) in [7, 11) is 0. The van der Waals surface area contributed by atoms with Gasteiger partial charge in [0, 0.05) is 6.54 Å². The van der Waals surface area contributed by atoms with Crippen LogP contribution in [0, 0.1) is 0 Å². The number of hydroxylamine groups is 2. The molecule has 0 aliphatic carbocycles. The molecule has 0 fully saturated rings. The van der Waals surface area contributed by atoms with E-state index in [4.69, 9.17) is 17.1 Å². The van der Waals surface area contributed by atoms with Gasteiger partial charge in [-0.15, -0.1) is 4.99 Å². The molecule has 4 nitrogen and oxygen atoms in total. The third-order valence-corrected chi connectivity index (χ3v) is 1.68. The van der Waals surface area contributed by atoms with Gasteiger partial charge >= 0.3 is 0 Å². The Balaban J connectivity index is 3.87. The Morgan fingerprint density at radius 3 is 2.77 bits per heavy atom. The molecule has 0 saturated carbocycles. The minimum Gasteiger partial charge on any atom is -0.271 e. The third kappa shape index (κ3) is 5.47. The van der Waals surface area contributed by atoms with Gasteiger partial charge in [-0.2, -0.15) is 0 Å². The van der Waals surface area contributed by atoms with Crippen molar-refractivity contribution in [3.63, 3.8) is 0 Å². The van der Waals surface area contributed by atoms with E-state index < -0.39 is 0 Å². The zero-order chi connectivity index (χ0) is 10.1. The van der Waals surface area contributed by atoms with E-state index in [0.717, 1.165) is 12.8 Å². The average molecular weight is 202 g/mol. The molecule has 0 aromatic heterocycles. The molecule has 0 unspecified atom stereocenters. The molecular formula is C8H14N2O2S. The highest BCUT2D eigenvalue weighted by atomic mass is 32.1. The van der Waals surface area contributed by atoms with Gasteiger partial charge < -0.3 is 0 Å². The molecular weight excluding hydrogens is 188 g/mol. The van der Waals surface area contributed by atoms with Crippen LogP contribution in [0.4, 0.5) is 0 Å². The Hall–Kier alpha value is -0.770. The van der Waals surface area contributed by atoms with Crippen molar-refractivity contribution in [1.29, 1.82) is 0 Å². The van der Waals surface area contributed by atoms with Crippen molar-refractivity contribution in [1.82, 2.24) is 5.06 Å². The lowest BCUT2D eigenvalue weighted by atomic mass is 10.4. The molecule has 0 rings (SSSR count). The summed E-state index contributed by atoms with van der Waals surface area (Å²) >= 11 is 4.80. The highest BCUT2D eigenvalue weighted by molar-refractivity contribution is 7.80. The predicted molar refractivity (Wildman–Crippen MR) is 54.0 cm³/mol. The van der Waals surface area contributed by atoms with Crippen LogP contribution in [0.3, 0.4) is 0 Å². The van der Waals surface area contributed by atoms with Gasteiger partial charge in [0.05, 0.1) is 6.61 Å². The predicted octanol–water partition coefficient (Wildman–Crippen LogP) is 1.66. The normalized spacial score (nSPS) is 9.08. The molecule has 0 N–H and O–H groups in total. The van der Waals surface area contributed by atoms with Crippen LogP contribution in [0.25, 0.3) is 0 Å². The molecule has 0 amide bonds. The fourth-order valence-corrected chi connectivity index (χ4v) is 0.915. The summed E-state index contributed by atoms with van der Waals surface area (Å²) in [6.07, 6.45) is 3.40. The topological polar surface area (TPSA) is 41.9 Å². The van der Waals surface area contributed by atoms with Crippen LogP contribution in [0.15, 0.2) is 4.99 Å². The Morgan fingerprint density at radius 2 is 2.31 bits per heavy atom. The van der Waals surface area contributed by atoms with E-state index in [-0.39, 0.29) is 5.11 Å². The summed E-state index contributed by atoms with van der Waals surface area (Å²) in [6.45, 7) is 5.12. The van der Waals surface area contributed by atoms with Crippen LogP contribution in [0.5, 0.6) is 0 Å². The van der Waals surface area contributed by atoms with Crippen LogP contribution < -0.4 is 0 Å². The van der Waals surface area contributed by atoms with Gasteiger partial charge in [0.25, 0.3) is 0 Å². The smallest absolute Gasteiger partial charge is 0.242 e. The fourth-order valence-electron chi connectivity index (χ4n) is 0.696. The summed E-state index contributed by atoms with van der Waals surface area (Å²) in [4.78, 5) is 18.5. The highest BCUT2D eigenvalue weighted by Crippen LogP contribution is 1.97. The maximum absolute atomic E-state index is 9.90. The Bertz CT molecular complexity index is 202. The Kier molecular flexibility index (Phi) is 7.39. The van der Waals surface area contributed by atoms with E-state index >= 15 is 0 Å². The largest absolute Gasteiger partial charge is 0.271 e. The van der Waals surface area contributed by atoms with Gasteiger partial charge in [-0.25, -0.2) is 9.86 Å². The summed E-state index contributed by atoms with van der Waals surface area (Å²) in [5.74, 6) is 0. The standard InChI is InChI=1S/C8H14N2O2S/c1-3-5-6-12-10(4-2)8(13)9-7-11/h3-6H2,1-2H3. The summed E-state index contributed by atoms with van der Waals surface area (Å²) < 4.78 is 0. The number of hydrogen-bond acceptors (Lipinski definition) is 3. The van der Waals surface area contributed by atoms with Crippen molar-refractivity contribution < 1.29 is 9.63 Å². The first-order chi connectivity index (χ1) is 6.26. The number of hydrogen-bond donors (Lipinski definition) is 0. The quantitative estimate of drug-likeness (QED) is 0.223. The van der Waals surface area contributed by atoms with Crippen LogP contribution in [-0.4, -0.2) is 29.4 Å². The number of rotatable bonds is 5. The third-order valence-electron chi connectivity index (χ3n) is 1.39. The zero-order valence-electron chi connectivity index (χ0n) is 7.95. The molecule has 0 aliphatic heterocycles. The van der Waals surface area contributed by atoms with Gasteiger partial charge in [-0.1, -0.05) is 13.3 Å². The van der Waals surface area contributed by atoms with Gasteiger partial charge in [0.1, 0.15) is 0 Å². The van der Waals surface area contributed by atoms with Crippen molar-refractivity contribution >= 4 is 23.4 Å². The second kappa shape index (κ2) is 7.86. The second-order valence-electron chi connectivity index (χ2n) is 2.37. The molecule has 74 valence electrons. The van der Waals surface area contributed by atoms with Crippen molar-refractivity contribution in [2.24, 2.45) is 4.99 Å². The van der Waals surface area contributed by atoms with Crippen LogP contribution in [0.1, 0.15) is 26.7 Å². The molecule has 0 radical (unpaired) electrons. The molecule has 0 heterocycles. The molecule has 0 atom stereocenters. The maximum Gasteiger partial charge on any atom is 0.242 e. The van der Waals surface area contributed by atoms with E-state index in [2.05, 4.69) is 11.9 Å². The SMILES string of the molecule is CCCCON(CC)C(=S)N=C=O. The molecule has 0 aromatic rings. The summed E-state index contributed by atoms with van der Waals surface area (Å²) in [5.41, 5.74) is 0. The first kappa shape index (κ1) is 12.2. The first-order valence-electron chi connectivity index (χ1n) is 4.28. The second-order valence-corrected chi connectivity index (χ2v) is 2.73. The molecule has 0 aliphatic rings. The van der Waals surface area contributed by atoms with E-state index in [1.165, 1.54) is 11.1 Å².